The summed E-state index contributed by atoms with van der Waals surface area (Å²) in [5.74, 6) is 1.95. The third kappa shape index (κ3) is 4.07. The summed E-state index contributed by atoms with van der Waals surface area (Å²) in [7, 11) is 1.41. The van der Waals surface area contributed by atoms with Crippen LogP contribution >= 0.6 is 0 Å². The molecule has 0 spiro atoms. The minimum Gasteiger partial charge on any atom is -0.383 e. The molecule has 1 saturated carbocycles. The predicted molar refractivity (Wildman–Crippen MR) is 125 cm³/mol. The molecule has 4 heterocycles. The van der Waals surface area contributed by atoms with Gasteiger partial charge >= 0.3 is 5.69 Å². The molecule has 2 aliphatic rings. The number of piperidine rings is 1. The maximum absolute atomic E-state index is 12.7. The van der Waals surface area contributed by atoms with Crippen molar-refractivity contribution in [3.63, 3.8) is 0 Å². The fourth-order valence-corrected chi connectivity index (χ4v) is 4.04. The van der Waals surface area contributed by atoms with Crippen LogP contribution in [0.5, 0.6) is 0 Å². The maximum Gasteiger partial charge on any atom is 0.329 e. The number of carbonyl (C=O) groups is 1. The van der Waals surface area contributed by atoms with Gasteiger partial charge in [-0.05, 0) is 25.2 Å². The third-order valence-corrected chi connectivity index (χ3v) is 6.21. The van der Waals surface area contributed by atoms with Crippen molar-refractivity contribution >= 4 is 29.2 Å². The van der Waals surface area contributed by atoms with Gasteiger partial charge in [0.05, 0.1) is 18.1 Å². The number of fused-ring (bicyclic) bond motifs is 1. The molecule has 13 nitrogen and oxygen atoms in total. The summed E-state index contributed by atoms with van der Waals surface area (Å²) in [5, 5.41) is 5.40. The number of nitrogen functional groups attached to an aromatic ring is 1. The first-order valence-corrected chi connectivity index (χ1v) is 10.9. The summed E-state index contributed by atoms with van der Waals surface area (Å²) < 4.78 is 1.07. The average molecular weight is 464 g/mol. The average Bonchev–Trinajstić information content (AvgIpc) is 3.45. The summed E-state index contributed by atoms with van der Waals surface area (Å²) >= 11 is 0. The number of H-pyrrole nitrogens is 1. The lowest BCUT2D eigenvalue weighted by Crippen LogP contribution is -2.38. The fourth-order valence-electron chi connectivity index (χ4n) is 4.04. The van der Waals surface area contributed by atoms with Crippen LogP contribution < -0.4 is 32.5 Å². The SMILES string of the molecule is C[C@H](Nc1c(N)n(C)c(=O)[nH]c1=O)C(=O)Nc1cncc(-c2cnc(N3CC4CC4C3)nc2)n1. The molecule has 2 unspecified atom stereocenters. The van der Waals surface area contributed by atoms with Gasteiger partial charge in [-0.2, -0.15) is 0 Å². The molecular weight excluding hydrogens is 440 g/mol. The number of nitrogens with two attached hydrogens (primary N) is 1. The first-order chi connectivity index (χ1) is 16.3. The lowest BCUT2D eigenvalue weighted by Gasteiger charge is -2.17. The zero-order valence-electron chi connectivity index (χ0n) is 18.6. The first kappa shape index (κ1) is 21.6. The molecule has 5 N–H and O–H groups in total. The van der Waals surface area contributed by atoms with Crippen LogP contribution in [0.2, 0.25) is 0 Å². The lowest BCUT2D eigenvalue weighted by molar-refractivity contribution is -0.116. The predicted octanol–water partition coefficient (Wildman–Crippen LogP) is -0.202. The van der Waals surface area contributed by atoms with E-state index in [9.17, 15) is 14.4 Å². The number of hydrogen-bond acceptors (Lipinski definition) is 10. The van der Waals surface area contributed by atoms with Crippen molar-refractivity contribution in [1.29, 1.82) is 0 Å². The second-order valence-corrected chi connectivity index (χ2v) is 8.66. The van der Waals surface area contributed by atoms with Gasteiger partial charge in [-0.15, -0.1) is 0 Å². The number of anilines is 4. The van der Waals surface area contributed by atoms with Crippen molar-refractivity contribution in [2.45, 2.75) is 19.4 Å². The van der Waals surface area contributed by atoms with E-state index < -0.39 is 23.2 Å². The monoisotopic (exact) mass is 464 g/mol. The molecule has 0 aromatic carbocycles. The Morgan fingerprint density at radius 1 is 1.18 bits per heavy atom. The fraction of sp³-hybridized carbons (Fsp3) is 0.381. The molecule has 0 radical (unpaired) electrons. The van der Waals surface area contributed by atoms with Gasteiger partial charge in [0.1, 0.15) is 17.5 Å². The highest BCUT2D eigenvalue weighted by molar-refractivity contribution is 5.95. The first-order valence-electron chi connectivity index (χ1n) is 10.9. The van der Waals surface area contributed by atoms with E-state index in [1.165, 1.54) is 19.7 Å². The molecule has 1 saturated heterocycles. The molecule has 1 aliphatic heterocycles. The van der Waals surface area contributed by atoms with E-state index in [0.29, 0.717) is 17.2 Å². The van der Waals surface area contributed by atoms with E-state index >= 15 is 0 Å². The smallest absolute Gasteiger partial charge is 0.329 e. The van der Waals surface area contributed by atoms with Crippen LogP contribution in [0.15, 0.2) is 34.4 Å². The van der Waals surface area contributed by atoms with Gasteiger partial charge in [-0.25, -0.2) is 19.7 Å². The van der Waals surface area contributed by atoms with Crippen molar-refractivity contribution < 1.29 is 4.79 Å². The van der Waals surface area contributed by atoms with E-state index in [4.69, 9.17) is 5.73 Å². The summed E-state index contributed by atoms with van der Waals surface area (Å²) in [6.45, 7) is 3.56. The van der Waals surface area contributed by atoms with Gasteiger partial charge in [0.2, 0.25) is 11.9 Å². The van der Waals surface area contributed by atoms with Gasteiger partial charge in [0.25, 0.3) is 5.56 Å². The number of hydrogen-bond donors (Lipinski definition) is 4. The van der Waals surface area contributed by atoms with Gasteiger partial charge in [0.15, 0.2) is 5.82 Å². The number of rotatable bonds is 6. The number of aromatic nitrogens is 6. The van der Waals surface area contributed by atoms with E-state index in [1.807, 2.05) is 0 Å². The molecule has 34 heavy (non-hydrogen) atoms. The molecular formula is C21H24N10O3. The Hall–Kier alpha value is -4.29. The molecule has 176 valence electrons. The molecule has 13 heteroatoms. The van der Waals surface area contributed by atoms with Crippen LogP contribution in [0, 0.1) is 11.8 Å². The number of carbonyl (C=O) groups excluding carboxylic acids is 1. The molecule has 3 aromatic rings. The summed E-state index contributed by atoms with van der Waals surface area (Å²) in [4.78, 5) is 58.2. The normalized spacial score (nSPS) is 19.4. The Kier molecular flexibility index (Phi) is 5.23. The van der Waals surface area contributed by atoms with Crippen LogP contribution in [0.4, 0.5) is 23.3 Å². The molecule has 2 fully saturated rings. The zero-order valence-corrected chi connectivity index (χ0v) is 18.6. The van der Waals surface area contributed by atoms with Crippen molar-refractivity contribution in [2.75, 3.05) is 34.4 Å². The van der Waals surface area contributed by atoms with Crippen LogP contribution in [0.25, 0.3) is 11.3 Å². The highest BCUT2D eigenvalue weighted by Gasteiger charge is 2.45. The lowest BCUT2D eigenvalue weighted by atomic mass is 10.2. The Labute approximate surface area is 193 Å². The van der Waals surface area contributed by atoms with Crippen LogP contribution in [-0.2, 0) is 11.8 Å². The highest BCUT2D eigenvalue weighted by Crippen LogP contribution is 2.45. The molecule has 1 aliphatic carbocycles. The molecule has 0 bridgehead atoms. The second kappa shape index (κ2) is 8.24. The van der Waals surface area contributed by atoms with Crippen LogP contribution in [-0.4, -0.2) is 54.5 Å². The van der Waals surface area contributed by atoms with Crippen molar-refractivity contribution in [3.05, 3.63) is 45.6 Å². The van der Waals surface area contributed by atoms with Crippen molar-refractivity contribution in [3.8, 4) is 11.3 Å². The largest absolute Gasteiger partial charge is 0.383 e. The van der Waals surface area contributed by atoms with E-state index in [1.54, 1.807) is 25.5 Å². The molecule has 5 rings (SSSR count). The standard InChI is InChI=1S/C21H24N10O3/c1-10(26-16-17(22)30(2)21(34)29-19(16)33)18(32)28-15-7-23-6-14(27-15)13-4-24-20(25-5-13)31-8-11-3-12(11)9-31/h4-7,10-12,26H,3,8-9,22H2,1-2H3,(H,27,28,32)(H,29,33,34)/t10-,11?,12?/m0/s1. The van der Waals surface area contributed by atoms with Gasteiger partial charge in [-0.1, -0.05) is 0 Å². The highest BCUT2D eigenvalue weighted by atomic mass is 16.2. The van der Waals surface area contributed by atoms with E-state index in [-0.39, 0.29) is 17.3 Å². The Morgan fingerprint density at radius 2 is 1.88 bits per heavy atom. The number of amides is 1. The van der Waals surface area contributed by atoms with Crippen LogP contribution in [0.3, 0.4) is 0 Å². The number of nitrogens with zero attached hydrogens (tertiary/aromatic N) is 6. The van der Waals surface area contributed by atoms with Gasteiger partial charge in [-0.3, -0.25) is 24.1 Å². The summed E-state index contributed by atoms with van der Waals surface area (Å²) in [5.41, 5.74) is 5.59. The van der Waals surface area contributed by atoms with Crippen molar-refractivity contribution in [2.24, 2.45) is 18.9 Å². The number of aromatic amines is 1. The minimum absolute atomic E-state index is 0.0721. The number of nitrogens with one attached hydrogen (secondary N) is 3. The maximum atomic E-state index is 12.7. The second-order valence-electron chi connectivity index (χ2n) is 8.66. The Morgan fingerprint density at radius 3 is 2.59 bits per heavy atom. The summed E-state index contributed by atoms with van der Waals surface area (Å²) in [6.07, 6.45) is 7.67. The summed E-state index contributed by atoms with van der Waals surface area (Å²) in [6, 6.07) is -0.861. The van der Waals surface area contributed by atoms with E-state index in [2.05, 4.69) is 40.5 Å². The topological polar surface area (TPSA) is 177 Å². The van der Waals surface area contributed by atoms with Crippen LogP contribution in [0.1, 0.15) is 13.3 Å². The minimum atomic E-state index is -0.861. The zero-order chi connectivity index (χ0) is 24.0. The molecule has 1 amide bonds. The quantitative estimate of drug-likeness (QED) is 0.382. The third-order valence-electron chi connectivity index (χ3n) is 6.21. The Balaban J connectivity index is 1.26. The molecule has 3 aromatic heterocycles. The van der Waals surface area contributed by atoms with Crippen molar-refractivity contribution in [1.82, 2.24) is 29.5 Å². The van der Waals surface area contributed by atoms with E-state index in [0.717, 1.165) is 29.5 Å². The van der Waals surface area contributed by atoms with Gasteiger partial charge in [0, 0.05) is 38.1 Å². The molecule has 3 atom stereocenters. The Bertz CT molecular complexity index is 1360. The van der Waals surface area contributed by atoms with Gasteiger partial charge < -0.3 is 21.3 Å².